The fourth-order valence-electron chi connectivity index (χ4n) is 2.10. The Kier molecular flexibility index (Phi) is 2.72. The molecule has 0 unspecified atom stereocenters. The molecule has 1 atom stereocenters. The summed E-state index contributed by atoms with van der Waals surface area (Å²) in [7, 11) is 0. The monoisotopic (exact) mass is 239 g/mol. The molecular weight excluding hydrogens is 226 g/mol. The van der Waals surface area contributed by atoms with Crippen molar-refractivity contribution in [2.24, 2.45) is 20.0 Å². The Bertz CT molecular complexity index is 556. The average Bonchev–Trinajstić information content (AvgIpc) is 2.90. The first kappa shape index (κ1) is 10.8. The van der Waals surface area contributed by atoms with Crippen molar-refractivity contribution >= 4 is 30.0 Å². The van der Waals surface area contributed by atoms with Crippen LogP contribution in [0.1, 0.15) is 6.92 Å². The fourth-order valence-corrected chi connectivity index (χ4v) is 2.10. The fraction of sp³-hybridized carbons (Fsp3) is 0.231. The van der Waals surface area contributed by atoms with Crippen LogP contribution in [0.25, 0.3) is 0 Å². The van der Waals surface area contributed by atoms with Crippen LogP contribution in [-0.4, -0.2) is 36.9 Å². The lowest BCUT2D eigenvalue weighted by atomic mass is 10.2. The first-order chi connectivity index (χ1) is 8.90. The normalized spacial score (nSPS) is 20.4. The Morgan fingerprint density at radius 3 is 2.72 bits per heavy atom. The topological polar surface area (TPSA) is 52.7 Å². The van der Waals surface area contributed by atoms with Gasteiger partial charge in [-0.2, -0.15) is 0 Å². The number of benzene rings is 1. The van der Waals surface area contributed by atoms with Gasteiger partial charge in [-0.15, -0.1) is 0 Å². The van der Waals surface area contributed by atoms with Crippen molar-refractivity contribution in [3.63, 3.8) is 0 Å². The lowest BCUT2D eigenvalue weighted by Crippen LogP contribution is -2.42. The molecule has 90 valence electrons. The van der Waals surface area contributed by atoms with E-state index in [-0.39, 0.29) is 6.04 Å². The minimum Gasteiger partial charge on any atom is -0.328 e. The van der Waals surface area contributed by atoms with Crippen LogP contribution in [0, 0.1) is 0 Å². The minimum atomic E-state index is -0.157. The third-order valence-corrected chi connectivity index (χ3v) is 2.94. The van der Waals surface area contributed by atoms with Gasteiger partial charge in [0.2, 0.25) is 0 Å². The van der Waals surface area contributed by atoms with Crippen LogP contribution in [0.5, 0.6) is 0 Å². The Hall–Kier alpha value is -2.30. The van der Waals surface area contributed by atoms with Crippen LogP contribution >= 0.6 is 0 Å². The number of rotatable bonds is 2. The maximum absolute atomic E-state index is 4.38. The van der Waals surface area contributed by atoms with E-state index in [1.54, 1.807) is 12.7 Å². The lowest BCUT2D eigenvalue weighted by Gasteiger charge is -2.28. The molecule has 2 heterocycles. The van der Waals surface area contributed by atoms with E-state index >= 15 is 0 Å². The number of nitrogens with zero attached hydrogens (tertiary/aromatic N) is 5. The first-order valence-electron chi connectivity index (χ1n) is 5.92. The van der Waals surface area contributed by atoms with Crippen molar-refractivity contribution in [3.8, 4) is 0 Å². The van der Waals surface area contributed by atoms with Crippen molar-refractivity contribution in [3.05, 3.63) is 30.3 Å². The zero-order valence-corrected chi connectivity index (χ0v) is 10.1. The molecule has 0 fully saturated rings. The SMILES string of the molecule is CCN(C1=NC=NC2=NC=N[C@H]21)c1ccccc1. The van der Waals surface area contributed by atoms with Crippen LogP contribution in [0.2, 0.25) is 0 Å². The van der Waals surface area contributed by atoms with Gasteiger partial charge in [-0.05, 0) is 19.1 Å². The van der Waals surface area contributed by atoms with Crippen LogP contribution < -0.4 is 4.90 Å². The van der Waals surface area contributed by atoms with E-state index in [2.05, 4.69) is 43.9 Å². The second-order valence-electron chi connectivity index (χ2n) is 3.97. The number of anilines is 1. The van der Waals surface area contributed by atoms with Gasteiger partial charge in [0.25, 0.3) is 0 Å². The van der Waals surface area contributed by atoms with E-state index in [1.165, 1.54) is 0 Å². The molecule has 0 spiro atoms. The molecule has 0 N–H and O–H groups in total. The zero-order valence-electron chi connectivity index (χ0n) is 10.1. The molecule has 1 aromatic rings. The summed E-state index contributed by atoms with van der Waals surface area (Å²) in [5.41, 5.74) is 1.11. The van der Waals surface area contributed by atoms with Crippen LogP contribution in [0.15, 0.2) is 50.3 Å². The molecule has 0 bridgehead atoms. The minimum absolute atomic E-state index is 0.157. The van der Waals surface area contributed by atoms with E-state index in [0.717, 1.165) is 23.9 Å². The Balaban J connectivity index is 1.98. The number of likely N-dealkylation sites (N-methyl/N-ethyl adjacent to an activating group) is 1. The number of fused-ring (bicyclic) bond motifs is 1. The molecule has 18 heavy (non-hydrogen) atoms. The predicted octanol–water partition coefficient (Wildman–Crippen LogP) is 1.76. The number of hydrogen-bond acceptors (Lipinski definition) is 5. The van der Waals surface area contributed by atoms with Gasteiger partial charge in [0.1, 0.15) is 18.5 Å². The zero-order chi connectivity index (χ0) is 12.4. The molecule has 2 aliphatic rings. The molecule has 1 aromatic carbocycles. The van der Waals surface area contributed by atoms with Gasteiger partial charge < -0.3 is 4.90 Å². The molecule has 0 aromatic heterocycles. The van der Waals surface area contributed by atoms with Crippen molar-refractivity contribution in [2.75, 3.05) is 11.4 Å². The molecule has 5 nitrogen and oxygen atoms in total. The van der Waals surface area contributed by atoms with Gasteiger partial charge in [0.15, 0.2) is 11.9 Å². The number of amidine groups is 2. The standard InChI is InChI=1S/C13H13N5/c1-2-18(10-6-4-3-5-7-10)13-11-12(15-8-14-11)16-9-17-13/h3-9,11H,2H2,1H3/t11-/m1/s1. The molecule has 5 heteroatoms. The third-order valence-electron chi connectivity index (χ3n) is 2.94. The van der Waals surface area contributed by atoms with E-state index in [1.807, 2.05) is 18.2 Å². The summed E-state index contributed by atoms with van der Waals surface area (Å²) in [5, 5.41) is 0. The van der Waals surface area contributed by atoms with Gasteiger partial charge >= 0.3 is 0 Å². The molecular formula is C13H13N5. The van der Waals surface area contributed by atoms with Crippen molar-refractivity contribution < 1.29 is 0 Å². The Morgan fingerprint density at radius 2 is 1.94 bits per heavy atom. The van der Waals surface area contributed by atoms with Crippen LogP contribution in [-0.2, 0) is 0 Å². The highest BCUT2D eigenvalue weighted by Gasteiger charge is 2.30. The van der Waals surface area contributed by atoms with E-state index in [9.17, 15) is 0 Å². The molecule has 0 saturated carbocycles. The summed E-state index contributed by atoms with van der Waals surface area (Å²) < 4.78 is 0. The predicted molar refractivity (Wildman–Crippen MR) is 75.1 cm³/mol. The molecule has 2 aliphatic heterocycles. The maximum Gasteiger partial charge on any atom is 0.169 e. The molecule has 3 rings (SSSR count). The summed E-state index contributed by atoms with van der Waals surface area (Å²) >= 11 is 0. The number of aliphatic imine (C=N–C) groups is 4. The summed E-state index contributed by atoms with van der Waals surface area (Å²) in [6.45, 7) is 2.92. The third kappa shape index (κ3) is 1.73. The van der Waals surface area contributed by atoms with Gasteiger partial charge in [0.05, 0.1) is 0 Å². The molecule has 0 radical (unpaired) electrons. The number of para-hydroxylation sites is 1. The molecule has 0 aliphatic carbocycles. The van der Waals surface area contributed by atoms with Gasteiger partial charge in [-0.1, -0.05) is 18.2 Å². The highest BCUT2D eigenvalue weighted by atomic mass is 15.3. The van der Waals surface area contributed by atoms with Crippen molar-refractivity contribution in [1.82, 2.24) is 0 Å². The highest BCUT2D eigenvalue weighted by Crippen LogP contribution is 2.19. The second kappa shape index (κ2) is 4.52. The quantitative estimate of drug-likeness (QED) is 0.775. The van der Waals surface area contributed by atoms with Gasteiger partial charge in [-0.25, -0.2) is 15.0 Å². The second-order valence-corrected chi connectivity index (χ2v) is 3.97. The van der Waals surface area contributed by atoms with E-state index < -0.39 is 0 Å². The summed E-state index contributed by atoms with van der Waals surface area (Å²) in [4.78, 5) is 19.1. The first-order valence-corrected chi connectivity index (χ1v) is 5.92. The smallest absolute Gasteiger partial charge is 0.169 e. The molecule has 0 amide bonds. The Labute approximate surface area is 105 Å². The highest BCUT2D eigenvalue weighted by molar-refractivity contribution is 6.24. The van der Waals surface area contributed by atoms with E-state index in [0.29, 0.717) is 0 Å². The largest absolute Gasteiger partial charge is 0.328 e. The van der Waals surface area contributed by atoms with E-state index in [4.69, 9.17) is 0 Å². The van der Waals surface area contributed by atoms with Gasteiger partial charge in [-0.3, -0.25) is 4.99 Å². The summed E-state index contributed by atoms with van der Waals surface area (Å²) in [6.07, 6.45) is 3.10. The van der Waals surface area contributed by atoms with Crippen LogP contribution in [0.4, 0.5) is 5.69 Å². The van der Waals surface area contributed by atoms with Gasteiger partial charge in [0, 0.05) is 12.2 Å². The average molecular weight is 239 g/mol. The number of hydrogen-bond donors (Lipinski definition) is 0. The van der Waals surface area contributed by atoms with Crippen LogP contribution in [0.3, 0.4) is 0 Å². The lowest BCUT2D eigenvalue weighted by molar-refractivity contribution is 0.993. The summed E-state index contributed by atoms with van der Waals surface area (Å²) in [6, 6.07) is 10.0. The summed E-state index contributed by atoms with van der Waals surface area (Å²) in [5.74, 6) is 1.60. The van der Waals surface area contributed by atoms with Crippen molar-refractivity contribution in [1.29, 1.82) is 0 Å². The maximum atomic E-state index is 4.38. The molecule has 0 saturated heterocycles. The van der Waals surface area contributed by atoms with Crippen molar-refractivity contribution in [2.45, 2.75) is 13.0 Å². The Morgan fingerprint density at radius 1 is 1.11 bits per heavy atom.